The van der Waals surface area contributed by atoms with Crippen molar-refractivity contribution in [1.29, 1.82) is 0 Å². The van der Waals surface area contributed by atoms with Gasteiger partial charge in [-0.05, 0) is 6.07 Å². The summed E-state index contributed by atoms with van der Waals surface area (Å²) in [6.07, 6.45) is 0. The zero-order valence-electron chi connectivity index (χ0n) is 8.81. The van der Waals surface area contributed by atoms with Crippen LogP contribution in [-0.4, -0.2) is 9.97 Å². The van der Waals surface area contributed by atoms with Crippen molar-refractivity contribution in [3.8, 4) is 11.3 Å². The Kier molecular flexibility index (Phi) is 1.98. The molecule has 0 atom stereocenters. The monoisotopic (exact) mass is 227 g/mol. The number of oxazole rings is 1. The molecule has 0 unspecified atom stereocenters. The van der Waals surface area contributed by atoms with E-state index in [1.807, 2.05) is 30.3 Å². The van der Waals surface area contributed by atoms with Crippen molar-refractivity contribution in [2.24, 2.45) is 0 Å². The van der Waals surface area contributed by atoms with Gasteiger partial charge in [0.25, 0.3) is 0 Å². The highest BCUT2D eigenvalue weighted by Crippen LogP contribution is 2.25. The second-order valence-electron chi connectivity index (χ2n) is 3.66. The molecule has 84 valence electrons. The number of pyridine rings is 1. The first-order valence-electron chi connectivity index (χ1n) is 5.09. The maximum atomic E-state index is 11.0. The maximum Gasteiger partial charge on any atom is 0.418 e. The average molecular weight is 227 g/mol. The summed E-state index contributed by atoms with van der Waals surface area (Å²) in [5, 5.41) is 0. The average Bonchev–Trinajstić information content (AvgIpc) is 2.68. The van der Waals surface area contributed by atoms with E-state index in [9.17, 15) is 4.79 Å². The molecule has 3 rings (SSSR count). The Morgan fingerprint density at radius 3 is 2.76 bits per heavy atom. The summed E-state index contributed by atoms with van der Waals surface area (Å²) in [4.78, 5) is 17.8. The quantitative estimate of drug-likeness (QED) is 0.663. The van der Waals surface area contributed by atoms with Gasteiger partial charge >= 0.3 is 5.76 Å². The summed E-state index contributed by atoms with van der Waals surface area (Å²) < 4.78 is 4.91. The predicted octanol–water partition coefficient (Wildman–Crippen LogP) is 1.77. The lowest BCUT2D eigenvalue weighted by atomic mass is 10.1. The van der Waals surface area contributed by atoms with Crippen LogP contribution < -0.4 is 11.5 Å². The van der Waals surface area contributed by atoms with Crippen LogP contribution in [-0.2, 0) is 0 Å². The van der Waals surface area contributed by atoms with E-state index in [0.29, 0.717) is 16.9 Å². The summed E-state index contributed by atoms with van der Waals surface area (Å²) in [5.41, 5.74) is 8.67. The molecule has 0 spiro atoms. The minimum Gasteiger partial charge on any atom is -0.397 e. The number of anilines is 1. The van der Waals surface area contributed by atoms with E-state index < -0.39 is 5.76 Å². The Morgan fingerprint density at radius 1 is 1.24 bits per heavy atom. The molecule has 3 N–H and O–H groups in total. The second-order valence-corrected chi connectivity index (χ2v) is 3.66. The number of nitrogens with one attached hydrogen (secondary N) is 1. The Bertz CT molecular complexity index is 728. The molecule has 0 saturated heterocycles. The topological polar surface area (TPSA) is 84.9 Å². The second kappa shape index (κ2) is 3.48. The van der Waals surface area contributed by atoms with Crippen LogP contribution in [0, 0.1) is 0 Å². The molecule has 0 aliphatic heterocycles. The van der Waals surface area contributed by atoms with Gasteiger partial charge < -0.3 is 10.2 Å². The van der Waals surface area contributed by atoms with Crippen molar-refractivity contribution in [2.45, 2.75) is 0 Å². The minimum atomic E-state index is -0.530. The van der Waals surface area contributed by atoms with Crippen LogP contribution in [0.3, 0.4) is 0 Å². The van der Waals surface area contributed by atoms with Crippen molar-refractivity contribution in [2.75, 3.05) is 5.73 Å². The maximum absolute atomic E-state index is 11.0. The summed E-state index contributed by atoms with van der Waals surface area (Å²) in [7, 11) is 0. The Labute approximate surface area is 95.9 Å². The number of benzene rings is 1. The number of hydrogen-bond donors (Lipinski definition) is 2. The molecule has 0 saturated carbocycles. The van der Waals surface area contributed by atoms with Crippen molar-refractivity contribution < 1.29 is 4.42 Å². The van der Waals surface area contributed by atoms with E-state index in [1.54, 1.807) is 6.07 Å². The van der Waals surface area contributed by atoms with E-state index in [1.165, 1.54) is 0 Å². The van der Waals surface area contributed by atoms with Crippen molar-refractivity contribution in [1.82, 2.24) is 9.97 Å². The van der Waals surface area contributed by atoms with Crippen molar-refractivity contribution >= 4 is 16.9 Å². The number of rotatable bonds is 1. The molecule has 5 nitrogen and oxygen atoms in total. The van der Waals surface area contributed by atoms with Crippen LogP contribution >= 0.6 is 0 Å². The molecule has 0 bridgehead atoms. The number of fused-ring (bicyclic) bond motifs is 1. The summed E-state index contributed by atoms with van der Waals surface area (Å²) in [6.45, 7) is 0. The third-order valence-electron chi connectivity index (χ3n) is 2.49. The molecule has 3 aromatic rings. The van der Waals surface area contributed by atoms with E-state index >= 15 is 0 Å². The fourth-order valence-electron chi connectivity index (χ4n) is 1.73. The molecule has 0 aliphatic rings. The Morgan fingerprint density at radius 2 is 2.00 bits per heavy atom. The van der Waals surface area contributed by atoms with Crippen LogP contribution in [0.15, 0.2) is 45.6 Å². The molecule has 17 heavy (non-hydrogen) atoms. The molecule has 2 aromatic heterocycles. The highest BCUT2D eigenvalue weighted by atomic mass is 16.4. The van der Waals surface area contributed by atoms with Gasteiger partial charge in [-0.2, -0.15) is 0 Å². The SMILES string of the molecule is Nc1cc2[nH]c(=O)oc2nc1-c1ccccc1. The third-order valence-corrected chi connectivity index (χ3v) is 2.49. The number of nitrogens with zero attached hydrogens (tertiary/aromatic N) is 1. The number of nitrogen functional groups attached to an aromatic ring is 1. The molecular formula is C12H9N3O2. The van der Waals surface area contributed by atoms with Crippen LogP contribution in [0.25, 0.3) is 22.5 Å². The molecule has 0 amide bonds. The number of H-pyrrole nitrogens is 1. The smallest absolute Gasteiger partial charge is 0.397 e. The van der Waals surface area contributed by atoms with Crippen molar-refractivity contribution in [3.63, 3.8) is 0 Å². The van der Waals surface area contributed by atoms with Crippen molar-refractivity contribution in [3.05, 3.63) is 46.9 Å². The van der Waals surface area contributed by atoms with Crippen LogP contribution in [0.5, 0.6) is 0 Å². The lowest BCUT2D eigenvalue weighted by Gasteiger charge is -2.03. The van der Waals surface area contributed by atoms with Crippen LogP contribution in [0.1, 0.15) is 0 Å². The molecule has 0 fully saturated rings. The van der Waals surface area contributed by atoms with Gasteiger partial charge in [-0.15, -0.1) is 0 Å². The molecule has 2 heterocycles. The normalized spacial score (nSPS) is 10.8. The zero-order valence-corrected chi connectivity index (χ0v) is 8.81. The fraction of sp³-hybridized carbons (Fsp3) is 0. The first-order chi connectivity index (χ1) is 8.24. The highest BCUT2D eigenvalue weighted by molar-refractivity contribution is 5.82. The van der Waals surface area contributed by atoms with E-state index in [-0.39, 0.29) is 5.71 Å². The minimum absolute atomic E-state index is 0.267. The lowest BCUT2D eigenvalue weighted by molar-refractivity contribution is 0.546. The Balaban J connectivity index is 2.30. The first kappa shape index (κ1) is 9.65. The summed E-state index contributed by atoms with van der Waals surface area (Å²) in [5.74, 6) is -0.530. The molecular weight excluding hydrogens is 218 g/mol. The van der Waals surface area contributed by atoms with Crippen LogP contribution in [0.4, 0.5) is 5.69 Å². The van der Waals surface area contributed by atoms with Crippen LogP contribution in [0.2, 0.25) is 0 Å². The molecule has 0 aliphatic carbocycles. The van der Waals surface area contributed by atoms with Gasteiger partial charge in [-0.25, -0.2) is 9.78 Å². The molecule has 1 aromatic carbocycles. The number of hydrogen-bond acceptors (Lipinski definition) is 4. The van der Waals surface area contributed by atoms with Gasteiger partial charge in [-0.1, -0.05) is 30.3 Å². The van der Waals surface area contributed by atoms with E-state index in [0.717, 1.165) is 5.56 Å². The number of aromatic amines is 1. The van der Waals surface area contributed by atoms with Gasteiger partial charge in [0.15, 0.2) is 0 Å². The largest absolute Gasteiger partial charge is 0.418 e. The zero-order chi connectivity index (χ0) is 11.8. The number of nitrogens with two attached hydrogens (primary N) is 1. The number of aromatic nitrogens is 2. The predicted molar refractivity (Wildman–Crippen MR) is 64.5 cm³/mol. The Hall–Kier alpha value is -2.56. The summed E-state index contributed by atoms with van der Waals surface area (Å²) >= 11 is 0. The molecule has 5 heteroatoms. The fourth-order valence-corrected chi connectivity index (χ4v) is 1.73. The standard InChI is InChI=1S/C12H9N3O2/c13-8-6-9-11(17-12(16)14-9)15-10(8)7-4-2-1-3-5-7/h1-6H,13H2,(H,14,16). The van der Waals surface area contributed by atoms with Gasteiger partial charge in [0.05, 0.1) is 11.4 Å². The lowest BCUT2D eigenvalue weighted by Crippen LogP contribution is -1.94. The third kappa shape index (κ3) is 1.57. The van der Waals surface area contributed by atoms with Gasteiger partial charge in [0.2, 0.25) is 5.71 Å². The van der Waals surface area contributed by atoms with E-state index in [2.05, 4.69) is 9.97 Å². The van der Waals surface area contributed by atoms with Gasteiger partial charge in [0, 0.05) is 5.56 Å². The van der Waals surface area contributed by atoms with Gasteiger partial charge in [0.1, 0.15) is 5.52 Å². The van der Waals surface area contributed by atoms with Gasteiger partial charge in [-0.3, -0.25) is 4.98 Å². The first-order valence-corrected chi connectivity index (χ1v) is 5.09. The highest BCUT2D eigenvalue weighted by Gasteiger charge is 2.09. The molecule has 0 radical (unpaired) electrons. The van der Waals surface area contributed by atoms with E-state index in [4.69, 9.17) is 10.2 Å². The summed E-state index contributed by atoms with van der Waals surface area (Å²) in [6, 6.07) is 11.1.